The molecular formula is C22H28FN5O3. The largest absolute Gasteiger partial charge is 0.444 e. The predicted octanol–water partition coefficient (Wildman–Crippen LogP) is 2.85. The lowest BCUT2D eigenvalue weighted by atomic mass is 10.2. The van der Waals surface area contributed by atoms with Gasteiger partial charge < -0.3 is 19.5 Å². The number of halogens is 1. The molecular weight excluding hydrogens is 401 g/mol. The molecule has 3 heterocycles. The maximum Gasteiger partial charge on any atom is 0.408 e. The fourth-order valence-corrected chi connectivity index (χ4v) is 3.79. The molecule has 166 valence electrons. The summed E-state index contributed by atoms with van der Waals surface area (Å²) < 4.78 is 22.1. The molecule has 0 spiro atoms. The lowest BCUT2D eigenvalue weighted by Gasteiger charge is -2.30. The zero-order valence-electron chi connectivity index (χ0n) is 18.1. The highest BCUT2D eigenvalue weighted by molar-refractivity contribution is 6.01. The number of aromatic nitrogens is 2. The fraction of sp³-hybridized carbons (Fsp3) is 0.500. The molecule has 0 radical (unpaired) electrons. The number of alkyl carbamates (subject to hydrolysis) is 1. The first kappa shape index (κ1) is 21.3. The Morgan fingerprint density at radius 1 is 1.29 bits per heavy atom. The summed E-state index contributed by atoms with van der Waals surface area (Å²) in [4.78, 5) is 32.8. The molecule has 2 fully saturated rings. The van der Waals surface area contributed by atoms with E-state index in [0.29, 0.717) is 18.7 Å². The number of hydrogen-bond acceptors (Lipinski definition) is 5. The monoisotopic (exact) mass is 429 g/mol. The van der Waals surface area contributed by atoms with Crippen LogP contribution in [0, 0.1) is 5.82 Å². The van der Waals surface area contributed by atoms with Crippen LogP contribution in [0.4, 0.5) is 14.9 Å². The Morgan fingerprint density at radius 2 is 2.06 bits per heavy atom. The van der Waals surface area contributed by atoms with E-state index in [-0.39, 0.29) is 11.6 Å². The Morgan fingerprint density at radius 3 is 2.71 bits per heavy atom. The molecule has 4 rings (SSSR count). The van der Waals surface area contributed by atoms with Gasteiger partial charge in [-0.25, -0.2) is 14.2 Å². The van der Waals surface area contributed by atoms with Crippen molar-refractivity contribution < 1.29 is 18.7 Å². The van der Waals surface area contributed by atoms with E-state index in [9.17, 15) is 9.59 Å². The highest BCUT2D eigenvalue weighted by Crippen LogP contribution is 2.27. The Kier molecular flexibility index (Phi) is 5.70. The van der Waals surface area contributed by atoms with Crippen LogP contribution in [0.2, 0.25) is 0 Å². The number of likely N-dealkylation sites (tertiary alicyclic amines) is 1. The number of hydrogen-bond donors (Lipinski definition) is 1. The standard InChI is InChI=1S/C22H28FN5O3/c1-22(2,3)31-21(30)25-17-7-11-28(20(17)29)18-6-5-15(13-16(18)23)27-12-8-24-19(27)14-26-9-4-10-26/h5-6,8,12-13,17H,4,7,9-11,14H2,1-3H3,(H,25,30). The molecule has 0 bridgehead atoms. The topological polar surface area (TPSA) is 79.7 Å². The summed E-state index contributed by atoms with van der Waals surface area (Å²) in [6.07, 6.45) is 4.44. The third kappa shape index (κ3) is 4.71. The van der Waals surface area contributed by atoms with Gasteiger partial charge in [-0.3, -0.25) is 9.69 Å². The number of carbonyl (C=O) groups excluding carboxylic acids is 2. The van der Waals surface area contributed by atoms with Gasteiger partial charge in [-0.05, 0) is 58.8 Å². The first-order chi connectivity index (χ1) is 14.7. The second-order valence-corrected chi connectivity index (χ2v) is 8.96. The summed E-state index contributed by atoms with van der Waals surface area (Å²) in [5, 5.41) is 2.58. The van der Waals surface area contributed by atoms with Gasteiger partial charge in [0.25, 0.3) is 0 Å². The quantitative estimate of drug-likeness (QED) is 0.791. The van der Waals surface area contributed by atoms with E-state index in [2.05, 4.69) is 15.2 Å². The van der Waals surface area contributed by atoms with E-state index in [1.54, 1.807) is 39.1 Å². The number of benzene rings is 1. The van der Waals surface area contributed by atoms with Crippen LogP contribution < -0.4 is 10.2 Å². The molecule has 9 heteroatoms. The number of ether oxygens (including phenoxy) is 1. The van der Waals surface area contributed by atoms with Crippen molar-refractivity contribution in [2.24, 2.45) is 0 Å². The minimum absolute atomic E-state index is 0.201. The van der Waals surface area contributed by atoms with Gasteiger partial charge in [-0.15, -0.1) is 0 Å². The van der Waals surface area contributed by atoms with Gasteiger partial charge in [0.05, 0.1) is 12.2 Å². The molecule has 0 saturated carbocycles. The number of nitrogens with one attached hydrogen (secondary N) is 1. The minimum atomic E-state index is -0.731. The summed E-state index contributed by atoms with van der Waals surface area (Å²) in [6.45, 7) is 8.40. The van der Waals surface area contributed by atoms with Crippen LogP contribution in [0.3, 0.4) is 0 Å². The van der Waals surface area contributed by atoms with Crippen molar-refractivity contribution in [2.45, 2.75) is 51.8 Å². The summed E-state index contributed by atoms with van der Waals surface area (Å²) in [5.74, 6) is 0.0108. The van der Waals surface area contributed by atoms with Crippen molar-refractivity contribution in [3.8, 4) is 5.69 Å². The summed E-state index contributed by atoms with van der Waals surface area (Å²) in [7, 11) is 0. The van der Waals surface area contributed by atoms with Crippen molar-refractivity contribution >= 4 is 17.7 Å². The third-order valence-electron chi connectivity index (χ3n) is 5.43. The molecule has 1 aromatic heterocycles. The molecule has 1 atom stereocenters. The molecule has 1 N–H and O–H groups in total. The van der Waals surface area contributed by atoms with Crippen molar-refractivity contribution in [1.29, 1.82) is 0 Å². The van der Waals surface area contributed by atoms with E-state index in [0.717, 1.165) is 25.5 Å². The van der Waals surface area contributed by atoms with Crippen LogP contribution >= 0.6 is 0 Å². The van der Waals surface area contributed by atoms with Gasteiger partial charge in [0.2, 0.25) is 5.91 Å². The number of anilines is 1. The molecule has 1 unspecified atom stereocenters. The number of nitrogens with zero attached hydrogens (tertiary/aromatic N) is 4. The van der Waals surface area contributed by atoms with Gasteiger partial charge in [0.1, 0.15) is 23.3 Å². The first-order valence-corrected chi connectivity index (χ1v) is 10.6. The van der Waals surface area contributed by atoms with Crippen molar-refractivity contribution in [3.05, 3.63) is 42.2 Å². The Hall–Kier alpha value is -2.94. The van der Waals surface area contributed by atoms with Gasteiger partial charge in [-0.2, -0.15) is 0 Å². The molecule has 2 saturated heterocycles. The molecule has 2 aliphatic heterocycles. The summed E-state index contributed by atoms with van der Waals surface area (Å²) in [5.41, 5.74) is 0.200. The summed E-state index contributed by atoms with van der Waals surface area (Å²) in [6, 6.07) is 4.07. The number of carbonyl (C=O) groups is 2. The van der Waals surface area contributed by atoms with Crippen molar-refractivity contribution in [1.82, 2.24) is 19.8 Å². The minimum Gasteiger partial charge on any atom is -0.444 e. The molecule has 31 heavy (non-hydrogen) atoms. The predicted molar refractivity (Wildman–Crippen MR) is 114 cm³/mol. The number of rotatable bonds is 5. The Bertz CT molecular complexity index is 980. The Balaban J connectivity index is 1.46. The number of amides is 2. The molecule has 0 aliphatic carbocycles. The zero-order chi connectivity index (χ0) is 22.2. The second-order valence-electron chi connectivity index (χ2n) is 8.96. The van der Waals surface area contributed by atoms with Crippen LogP contribution in [0.25, 0.3) is 5.69 Å². The van der Waals surface area contributed by atoms with Crippen LogP contribution in [-0.4, -0.2) is 57.7 Å². The summed E-state index contributed by atoms with van der Waals surface area (Å²) >= 11 is 0. The van der Waals surface area contributed by atoms with Crippen LogP contribution in [0.1, 0.15) is 39.4 Å². The molecule has 2 aliphatic rings. The van der Waals surface area contributed by atoms with E-state index in [4.69, 9.17) is 4.74 Å². The Labute approximate surface area is 181 Å². The van der Waals surface area contributed by atoms with Crippen LogP contribution in [-0.2, 0) is 16.1 Å². The van der Waals surface area contributed by atoms with Crippen LogP contribution in [0.15, 0.2) is 30.6 Å². The molecule has 2 aromatic rings. The highest BCUT2D eigenvalue weighted by Gasteiger charge is 2.36. The SMILES string of the molecule is CC(C)(C)OC(=O)NC1CCN(c2ccc(-n3ccnc3CN3CCC3)cc2F)C1=O. The van der Waals surface area contributed by atoms with E-state index in [1.807, 2.05) is 10.8 Å². The maximum atomic E-state index is 15.0. The lowest BCUT2D eigenvalue weighted by Crippen LogP contribution is -2.43. The average molecular weight is 429 g/mol. The van der Waals surface area contributed by atoms with Gasteiger partial charge in [0.15, 0.2) is 0 Å². The van der Waals surface area contributed by atoms with Gasteiger partial charge in [-0.1, -0.05) is 0 Å². The third-order valence-corrected chi connectivity index (χ3v) is 5.43. The van der Waals surface area contributed by atoms with E-state index < -0.39 is 23.6 Å². The zero-order valence-corrected chi connectivity index (χ0v) is 18.1. The normalized spacial score (nSPS) is 19.4. The second kappa shape index (κ2) is 8.30. The van der Waals surface area contributed by atoms with Gasteiger partial charge >= 0.3 is 6.09 Å². The fourth-order valence-electron chi connectivity index (χ4n) is 3.79. The average Bonchev–Trinajstić information content (AvgIpc) is 3.24. The highest BCUT2D eigenvalue weighted by atomic mass is 19.1. The first-order valence-electron chi connectivity index (χ1n) is 10.6. The van der Waals surface area contributed by atoms with E-state index >= 15 is 4.39 Å². The number of imidazole rings is 1. The molecule has 1 aromatic carbocycles. The molecule has 8 nitrogen and oxygen atoms in total. The van der Waals surface area contributed by atoms with Crippen molar-refractivity contribution in [3.63, 3.8) is 0 Å². The molecule has 2 amide bonds. The van der Waals surface area contributed by atoms with Gasteiger partial charge in [0, 0.05) is 30.7 Å². The van der Waals surface area contributed by atoms with Crippen LogP contribution in [0.5, 0.6) is 0 Å². The van der Waals surface area contributed by atoms with E-state index in [1.165, 1.54) is 17.4 Å². The maximum absolute atomic E-state index is 15.0. The smallest absolute Gasteiger partial charge is 0.408 e. The van der Waals surface area contributed by atoms with Crippen molar-refractivity contribution in [2.75, 3.05) is 24.5 Å². The lowest BCUT2D eigenvalue weighted by molar-refractivity contribution is -0.118.